The van der Waals surface area contributed by atoms with E-state index in [4.69, 9.17) is 18.9 Å². The van der Waals surface area contributed by atoms with E-state index in [9.17, 15) is 9.59 Å². The summed E-state index contributed by atoms with van der Waals surface area (Å²) in [6.45, 7) is 5.86. The topological polar surface area (TPSA) is 92.3 Å². The summed E-state index contributed by atoms with van der Waals surface area (Å²) < 4.78 is 24.7. The first kappa shape index (κ1) is 19.4. The average Bonchev–Trinajstić information content (AvgIpc) is 2.49. The second-order valence-corrected chi connectivity index (χ2v) is 3.65. The van der Waals surface area contributed by atoms with Crippen LogP contribution in [0, 0.1) is 0 Å². The van der Waals surface area contributed by atoms with Gasteiger partial charge in [0, 0.05) is 13.2 Å². The summed E-state index contributed by atoms with van der Waals surface area (Å²) in [7, 11) is 1.60. The number of esters is 1. The number of alkyl carbamates (subject to hydrolysis) is 1. The Labute approximate surface area is 124 Å². The minimum absolute atomic E-state index is 0.0647. The molecule has 0 heterocycles. The Morgan fingerprint density at radius 3 is 2.19 bits per heavy atom. The molecule has 0 fully saturated rings. The van der Waals surface area contributed by atoms with Crippen LogP contribution < -0.4 is 5.32 Å². The van der Waals surface area contributed by atoms with Crippen LogP contribution in [0.15, 0.2) is 12.7 Å². The molecule has 0 aromatic heterocycles. The number of ether oxygens (including phenoxy) is 5. The van der Waals surface area contributed by atoms with Crippen LogP contribution in [0.5, 0.6) is 0 Å². The molecule has 1 amide bonds. The van der Waals surface area contributed by atoms with Crippen molar-refractivity contribution in [3.05, 3.63) is 12.7 Å². The van der Waals surface area contributed by atoms with E-state index in [0.717, 1.165) is 6.08 Å². The summed E-state index contributed by atoms with van der Waals surface area (Å²) in [4.78, 5) is 21.9. The van der Waals surface area contributed by atoms with E-state index in [1.807, 2.05) is 0 Å². The van der Waals surface area contributed by atoms with E-state index >= 15 is 0 Å². The fraction of sp³-hybridized carbons (Fsp3) is 0.692. The van der Waals surface area contributed by atoms with Gasteiger partial charge in [-0.15, -0.1) is 0 Å². The highest BCUT2D eigenvalue weighted by atomic mass is 16.6. The Bertz CT molecular complexity index is 296. The Kier molecular flexibility index (Phi) is 13.6. The van der Waals surface area contributed by atoms with Gasteiger partial charge in [0.15, 0.2) is 0 Å². The van der Waals surface area contributed by atoms with Crippen LogP contribution in [0.3, 0.4) is 0 Å². The molecule has 122 valence electrons. The van der Waals surface area contributed by atoms with Crippen LogP contribution in [0.4, 0.5) is 4.79 Å². The third kappa shape index (κ3) is 14.6. The van der Waals surface area contributed by atoms with Gasteiger partial charge in [-0.2, -0.15) is 0 Å². The maximum Gasteiger partial charge on any atom is 0.407 e. The molecule has 0 radical (unpaired) electrons. The number of nitrogens with one attached hydrogen (secondary N) is 1. The molecule has 0 aromatic carbocycles. The van der Waals surface area contributed by atoms with Gasteiger partial charge in [0.05, 0.1) is 39.6 Å². The molecule has 8 nitrogen and oxygen atoms in total. The summed E-state index contributed by atoms with van der Waals surface area (Å²) in [5.74, 6) is -0.536. The lowest BCUT2D eigenvalue weighted by molar-refractivity contribution is -0.137. The quantitative estimate of drug-likeness (QED) is 0.293. The van der Waals surface area contributed by atoms with Crippen molar-refractivity contribution in [2.24, 2.45) is 0 Å². The Morgan fingerprint density at radius 1 is 0.952 bits per heavy atom. The van der Waals surface area contributed by atoms with Crippen molar-refractivity contribution >= 4 is 12.1 Å². The molecule has 0 spiro atoms. The zero-order valence-corrected chi connectivity index (χ0v) is 12.3. The highest BCUT2D eigenvalue weighted by molar-refractivity contribution is 5.81. The van der Waals surface area contributed by atoms with Crippen molar-refractivity contribution in [1.82, 2.24) is 5.32 Å². The number of hydrogen-bond acceptors (Lipinski definition) is 7. The summed E-state index contributed by atoms with van der Waals surface area (Å²) in [5, 5.41) is 2.42. The van der Waals surface area contributed by atoms with Crippen LogP contribution in [0.1, 0.15) is 0 Å². The van der Waals surface area contributed by atoms with Gasteiger partial charge < -0.3 is 29.0 Å². The Morgan fingerprint density at radius 2 is 1.57 bits per heavy atom. The predicted molar refractivity (Wildman–Crippen MR) is 74.0 cm³/mol. The van der Waals surface area contributed by atoms with Crippen molar-refractivity contribution in [2.75, 3.05) is 59.9 Å². The van der Waals surface area contributed by atoms with Crippen molar-refractivity contribution in [2.45, 2.75) is 0 Å². The van der Waals surface area contributed by atoms with Crippen LogP contribution in [-0.4, -0.2) is 72.0 Å². The van der Waals surface area contributed by atoms with Crippen LogP contribution in [0.25, 0.3) is 0 Å². The molecular weight excluding hydrogens is 282 g/mol. The van der Waals surface area contributed by atoms with Gasteiger partial charge in [-0.3, -0.25) is 0 Å². The number of carbonyl (C=O) groups excluding carboxylic acids is 2. The Balaban J connectivity index is 3.23. The van der Waals surface area contributed by atoms with E-state index in [1.165, 1.54) is 0 Å². The third-order valence-electron chi connectivity index (χ3n) is 2.05. The first-order chi connectivity index (χ1) is 10.2. The second-order valence-electron chi connectivity index (χ2n) is 3.65. The van der Waals surface area contributed by atoms with Gasteiger partial charge in [-0.25, -0.2) is 9.59 Å². The SMILES string of the molecule is C=CC(=O)OCCNC(=O)OCCOCCOCCOC. The largest absolute Gasteiger partial charge is 0.461 e. The van der Waals surface area contributed by atoms with E-state index < -0.39 is 12.1 Å². The molecule has 8 heteroatoms. The molecule has 0 unspecified atom stereocenters. The molecule has 0 bridgehead atoms. The molecular formula is C13H23NO7. The number of amides is 1. The highest BCUT2D eigenvalue weighted by Crippen LogP contribution is 1.83. The van der Waals surface area contributed by atoms with E-state index in [0.29, 0.717) is 26.4 Å². The summed E-state index contributed by atoms with van der Waals surface area (Å²) in [6.07, 6.45) is 0.457. The molecule has 1 N–H and O–H groups in total. The number of rotatable bonds is 13. The average molecular weight is 305 g/mol. The third-order valence-corrected chi connectivity index (χ3v) is 2.05. The summed E-state index contributed by atoms with van der Waals surface area (Å²) >= 11 is 0. The van der Waals surface area contributed by atoms with Gasteiger partial charge in [0.2, 0.25) is 0 Å². The normalized spacial score (nSPS) is 9.95. The summed E-state index contributed by atoms with van der Waals surface area (Å²) in [6, 6.07) is 0. The maximum atomic E-state index is 11.2. The molecule has 0 aliphatic heterocycles. The minimum Gasteiger partial charge on any atom is -0.461 e. The van der Waals surface area contributed by atoms with Gasteiger partial charge in [0.1, 0.15) is 13.2 Å². The number of carbonyl (C=O) groups is 2. The van der Waals surface area contributed by atoms with E-state index in [2.05, 4.69) is 16.6 Å². The molecule has 0 aromatic rings. The standard InChI is InChI=1S/C13H23NO7/c1-3-12(15)20-5-4-14-13(16)21-11-10-19-9-8-18-7-6-17-2/h3H,1,4-11H2,2H3,(H,14,16). The monoisotopic (exact) mass is 305 g/mol. The first-order valence-electron chi connectivity index (χ1n) is 6.55. The lowest BCUT2D eigenvalue weighted by Gasteiger charge is -2.08. The molecule has 0 aliphatic carbocycles. The predicted octanol–water partition coefficient (Wildman–Crippen LogP) is 0.121. The van der Waals surface area contributed by atoms with Crippen LogP contribution in [-0.2, 0) is 28.5 Å². The highest BCUT2D eigenvalue weighted by Gasteiger charge is 2.01. The van der Waals surface area contributed by atoms with Gasteiger partial charge in [-0.05, 0) is 0 Å². The summed E-state index contributed by atoms with van der Waals surface area (Å²) in [5.41, 5.74) is 0. The lowest BCUT2D eigenvalue weighted by Crippen LogP contribution is -2.29. The molecule has 0 aliphatic rings. The molecule has 0 rings (SSSR count). The van der Waals surface area contributed by atoms with Crippen molar-refractivity contribution < 1.29 is 33.3 Å². The first-order valence-corrected chi connectivity index (χ1v) is 6.55. The lowest BCUT2D eigenvalue weighted by atomic mass is 10.6. The van der Waals surface area contributed by atoms with Gasteiger partial charge >= 0.3 is 12.1 Å². The smallest absolute Gasteiger partial charge is 0.407 e. The minimum atomic E-state index is -0.593. The molecule has 0 saturated carbocycles. The molecule has 21 heavy (non-hydrogen) atoms. The van der Waals surface area contributed by atoms with Crippen molar-refractivity contribution in [3.8, 4) is 0 Å². The van der Waals surface area contributed by atoms with Crippen LogP contribution >= 0.6 is 0 Å². The number of hydrogen-bond donors (Lipinski definition) is 1. The van der Waals surface area contributed by atoms with Crippen LogP contribution in [0.2, 0.25) is 0 Å². The van der Waals surface area contributed by atoms with E-state index in [-0.39, 0.29) is 26.4 Å². The molecule has 0 saturated heterocycles. The van der Waals surface area contributed by atoms with E-state index in [1.54, 1.807) is 7.11 Å². The van der Waals surface area contributed by atoms with Gasteiger partial charge in [0.25, 0.3) is 0 Å². The van der Waals surface area contributed by atoms with Crippen molar-refractivity contribution in [3.63, 3.8) is 0 Å². The van der Waals surface area contributed by atoms with Gasteiger partial charge in [-0.1, -0.05) is 6.58 Å². The maximum absolute atomic E-state index is 11.2. The number of methoxy groups -OCH3 is 1. The van der Waals surface area contributed by atoms with Crippen molar-refractivity contribution in [1.29, 1.82) is 0 Å². The molecule has 0 atom stereocenters. The Hall–Kier alpha value is -1.64. The zero-order chi connectivity index (χ0) is 15.8. The fourth-order valence-electron chi connectivity index (χ4n) is 1.07. The zero-order valence-electron chi connectivity index (χ0n) is 12.3. The fourth-order valence-corrected chi connectivity index (χ4v) is 1.07. The second kappa shape index (κ2) is 14.8.